The molecule has 2 atom stereocenters. The topological polar surface area (TPSA) is 29.5 Å². The maximum Gasteiger partial charge on any atom is 0.119 e. The molecule has 2 aromatic rings. The third-order valence-electron chi connectivity index (χ3n) is 4.16. The summed E-state index contributed by atoms with van der Waals surface area (Å²) in [6.07, 6.45) is 0. The van der Waals surface area contributed by atoms with Gasteiger partial charge in [0.15, 0.2) is 0 Å². The van der Waals surface area contributed by atoms with Crippen LogP contribution in [0.5, 0.6) is 5.75 Å². The van der Waals surface area contributed by atoms with E-state index in [0.29, 0.717) is 0 Å². The Hall–Kier alpha value is -2.06. The summed E-state index contributed by atoms with van der Waals surface area (Å²) in [5.41, 5.74) is 1.78. The van der Waals surface area contributed by atoms with Gasteiger partial charge in [0.2, 0.25) is 0 Å². The molecule has 0 aliphatic carbocycles. The van der Waals surface area contributed by atoms with Gasteiger partial charge in [-0.1, -0.05) is 56.0 Å². The van der Waals surface area contributed by atoms with Crippen molar-refractivity contribution in [1.29, 1.82) is 0 Å². The minimum Gasteiger partial charge on any atom is -0.497 e. The van der Waals surface area contributed by atoms with Crippen LogP contribution in [0.25, 0.3) is 5.57 Å². The lowest BCUT2D eigenvalue weighted by Crippen LogP contribution is -2.30. The second-order valence-corrected chi connectivity index (χ2v) is 5.49. The number of methoxy groups -OCH3 is 1. The zero-order valence-corrected chi connectivity index (χ0v) is 12.8. The van der Waals surface area contributed by atoms with Crippen molar-refractivity contribution in [2.24, 2.45) is 5.92 Å². The highest BCUT2D eigenvalue weighted by molar-refractivity contribution is 5.66. The Bertz CT molecular complexity index is 614. The Kier molecular flexibility index (Phi) is 4.49. The highest BCUT2D eigenvalue weighted by atomic mass is 16.5. The van der Waals surface area contributed by atoms with E-state index < -0.39 is 5.60 Å². The lowest BCUT2D eigenvalue weighted by molar-refractivity contribution is 0.0241. The predicted octanol–water partition coefficient (Wildman–Crippen LogP) is 4.25. The average molecular weight is 282 g/mol. The Labute approximate surface area is 126 Å². The second kappa shape index (κ2) is 6.15. The van der Waals surface area contributed by atoms with Crippen molar-refractivity contribution in [2.75, 3.05) is 7.11 Å². The van der Waals surface area contributed by atoms with Crippen LogP contribution in [0, 0.1) is 5.92 Å². The van der Waals surface area contributed by atoms with Crippen LogP contribution < -0.4 is 4.74 Å². The summed E-state index contributed by atoms with van der Waals surface area (Å²) in [4.78, 5) is 0. The minimum absolute atomic E-state index is 0.119. The molecule has 2 nitrogen and oxygen atoms in total. The monoisotopic (exact) mass is 282 g/mol. The Morgan fingerprint density at radius 2 is 1.81 bits per heavy atom. The molecule has 0 saturated heterocycles. The minimum atomic E-state index is -1.01. The number of ether oxygens (including phenoxy) is 1. The van der Waals surface area contributed by atoms with Crippen molar-refractivity contribution in [1.82, 2.24) is 0 Å². The Balaban J connectivity index is 2.31. The van der Waals surface area contributed by atoms with Crippen molar-refractivity contribution in [3.05, 3.63) is 72.3 Å². The molecule has 21 heavy (non-hydrogen) atoms. The molecule has 0 radical (unpaired) electrons. The van der Waals surface area contributed by atoms with Crippen molar-refractivity contribution in [2.45, 2.75) is 19.4 Å². The molecule has 0 unspecified atom stereocenters. The zero-order valence-electron chi connectivity index (χ0n) is 12.8. The molecule has 0 heterocycles. The van der Waals surface area contributed by atoms with E-state index in [1.807, 2.05) is 68.4 Å². The summed E-state index contributed by atoms with van der Waals surface area (Å²) in [6, 6.07) is 17.5. The van der Waals surface area contributed by atoms with E-state index in [1.54, 1.807) is 7.11 Å². The van der Waals surface area contributed by atoms with Gasteiger partial charge in [-0.15, -0.1) is 0 Å². The van der Waals surface area contributed by atoms with Crippen LogP contribution in [-0.2, 0) is 5.60 Å². The van der Waals surface area contributed by atoms with Gasteiger partial charge in [-0.25, -0.2) is 0 Å². The highest BCUT2D eigenvalue weighted by Gasteiger charge is 2.32. The van der Waals surface area contributed by atoms with Crippen molar-refractivity contribution >= 4 is 5.57 Å². The Morgan fingerprint density at radius 3 is 2.43 bits per heavy atom. The largest absolute Gasteiger partial charge is 0.497 e. The van der Waals surface area contributed by atoms with Crippen LogP contribution in [0.4, 0.5) is 0 Å². The van der Waals surface area contributed by atoms with Gasteiger partial charge >= 0.3 is 0 Å². The average Bonchev–Trinajstić information content (AvgIpc) is 2.54. The van der Waals surface area contributed by atoms with Gasteiger partial charge in [-0.2, -0.15) is 0 Å². The first kappa shape index (κ1) is 15.3. The molecule has 0 spiro atoms. The lowest BCUT2D eigenvalue weighted by Gasteiger charge is -2.32. The molecule has 0 saturated carbocycles. The first-order valence-corrected chi connectivity index (χ1v) is 7.08. The van der Waals surface area contributed by atoms with Gasteiger partial charge in [0, 0.05) is 5.92 Å². The van der Waals surface area contributed by atoms with Crippen molar-refractivity contribution < 1.29 is 9.84 Å². The highest BCUT2D eigenvalue weighted by Crippen LogP contribution is 2.38. The van der Waals surface area contributed by atoms with Gasteiger partial charge < -0.3 is 9.84 Å². The number of aliphatic hydroxyl groups is 1. The van der Waals surface area contributed by atoms with Crippen LogP contribution in [0.3, 0.4) is 0 Å². The molecule has 0 aliphatic heterocycles. The molecule has 2 aromatic carbocycles. The maximum atomic E-state index is 11.0. The first-order chi connectivity index (χ1) is 9.96. The van der Waals surface area contributed by atoms with Crippen molar-refractivity contribution in [3.63, 3.8) is 0 Å². The number of rotatable bonds is 5. The standard InChI is InChI=1S/C19H22O2/c1-14(16-9-6-5-7-10-16)15(2)19(3,20)17-11-8-12-18(13-17)21-4/h5-13,15,20H,1H2,2-4H3/t15-,19+/m1/s1. The summed E-state index contributed by atoms with van der Waals surface area (Å²) < 4.78 is 5.24. The number of hydrogen-bond donors (Lipinski definition) is 1. The maximum absolute atomic E-state index is 11.0. The smallest absolute Gasteiger partial charge is 0.119 e. The predicted molar refractivity (Wildman–Crippen MR) is 87.2 cm³/mol. The molecule has 110 valence electrons. The molecule has 1 N–H and O–H groups in total. The van der Waals surface area contributed by atoms with Crippen LogP contribution in [0.2, 0.25) is 0 Å². The van der Waals surface area contributed by atoms with Crippen molar-refractivity contribution in [3.8, 4) is 5.75 Å². The molecule has 0 fully saturated rings. The summed E-state index contributed by atoms with van der Waals surface area (Å²) in [5.74, 6) is 0.623. The van der Waals surface area contributed by atoms with Gasteiger partial charge in [0.1, 0.15) is 5.75 Å². The number of benzene rings is 2. The third kappa shape index (κ3) is 3.17. The van der Waals surface area contributed by atoms with E-state index in [-0.39, 0.29) is 5.92 Å². The summed E-state index contributed by atoms with van der Waals surface area (Å²) in [5, 5.41) is 11.0. The van der Waals surface area contributed by atoms with E-state index in [9.17, 15) is 5.11 Å². The number of hydrogen-bond acceptors (Lipinski definition) is 2. The quantitative estimate of drug-likeness (QED) is 0.888. The van der Waals surface area contributed by atoms with Crippen LogP contribution in [-0.4, -0.2) is 12.2 Å². The molecule has 0 aromatic heterocycles. The van der Waals surface area contributed by atoms with Crippen LogP contribution >= 0.6 is 0 Å². The summed E-state index contributed by atoms with van der Waals surface area (Å²) in [7, 11) is 1.63. The van der Waals surface area contributed by atoms with E-state index >= 15 is 0 Å². The van der Waals surface area contributed by atoms with E-state index in [2.05, 4.69) is 6.58 Å². The molecule has 2 rings (SSSR count). The van der Waals surface area contributed by atoms with E-state index in [1.165, 1.54) is 0 Å². The molecule has 0 bridgehead atoms. The van der Waals surface area contributed by atoms with Crippen LogP contribution in [0.1, 0.15) is 25.0 Å². The Morgan fingerprint density at radius 1 is 1.14 bits per heavy atom. The fourth-order valence-electron chi connectivity index (χ4n) is 2.43. The van der Waals surface area contributed by atoms with Gasteiger partial charge in [0.25, 0.3) is 0 Å². The molecule has 0 amide bonds. The fourth-order valence-corrected chi connectivity index (χ4v) is 2.43. The second-order valence-electron chi connectivity index (χ2n) is 5.49. The molecule has 2 heteroatoms. The molecular formula is C19H22O2. The lowest BCUT2D eigenvalue weighted by atomic mass is 9.78. The molecule has 0 aliphatic rings. The summed E-state index contributed by atoms with van der Waals surface area (Å²) in [6.45, 7) is 7.98. The van der Waals surface area contributed by atoms with Gasteiger partial charge in [0.05, 0.1) is 12.7 Å². The van der Waals surface area contributed by atoms with Gasteiger partial charge in [-0.3, -0.25) is 0 Å². The van der Waals surface area contributed by atoms with E-state index in [4.69, 9.17) is 4.74 Å². The SMILES string of the molecule is C=C(c1ccccc1)[C@@H](C)[C@](C)(O)c1cccc(OC)c1. The first-order valence-electron chi connectivity index (χ1n) is 7.08. The third-order valence-corrected chi connectivity index (χ3v) is 4.16. The molecular weight excluding hydrogens is 260 g/mol. The fraction of sp³-hybridized carbons (Fsp3) is 0.263. The van der Waals surface area contributed by atoms with Gasteiger partial charge in [-0.05, 0) is 35.8 Å². The van der Waals surface area contributed by atoms with E-state index in [0.717, 1.165) is 22.4 Å². The normalized spacial score (nSPS) is 15.0. The zero-order chi connectivity index (χ0) is 15.5. The summed E-state index contributed by atoms with van der Waals surface area (Å²) >= 11 is 0. The van der Waals surface area contributed by atoms with Crippen LogP contribution in [0.15, 0.2) is 61.2 Å².